The van der Waals surface area contributed by atoms with E-state index in [4.69, 9.17) is 5.26 Å². The van der Waals surface area contributed by atoms with E-state index in [0.717, 1.165) is 10.4 Å². The van der Waals surface area contributed by atoms with E-state index in [1.807, 2.05) is 35.9 Å². The Morgan fingerprint density at radius 2 is 2.15 bits per heavy atom. The summed E-state index contributed by atoms with van der Waals surface area (Å²) in [6, 6.07) is 7.30. The van der Waals surface area contributed by atoms with Gasteiger partial charge >= 0.3 is 0 Å². The van der Waals surface area contributed by atoms with Crippen LogP contribution >= 0.6 is 22.7 Å². The Bertz CT molecular complexity index is 650. The summed E-state index contributed by atoms with van der Waals surface area (Å²) in [4.78, 5) is 25.7. The second-order valence-electron chi connectivity index (χ2n) is 4.43. The van der Waals surface area contributed by atoms with Gasteiger partial charge in [-0.3, -0.25) is 9.59 Å². The van der Waals surface area contributed by atoms with Crippen LogP contribution < -0.4 is 0 Å². The van der Waals surface area contributed by atoms with Crippen LogP contribution in [0.2, 0.25) is 0 Å². The lowest BCUT2D eigenvalue weighted by atomic mass is 9.95. The zero-order chi connectivity index (χ0) is 14.5. The van der Waals surface area contributed by atoms with Crippen molar-refractivity contribution in [3.63, 3.8) is 0 Å². The maximum atomic E-state index is 12.2. The first-order valence-corrected chi connectivity index (χ1v) is 7.92. The number of aryl methyl sites for hydroxylation is 2. The SMILES string of the molecule is Cc1ccc(C(=O)C(C#N)C(=O)CCc2ccsc2)s1. The first-order chi connectivity index (χ1) is 9.61. The van der Waals surface area contributed by atoms with Gasteiger partial charge in [-0.05, 0) is 47.9 Å². The molecule has 0 fully saturated rings. The van der Waals surface area contributed by atoms with Gasteiger partial charge < -0.3 is 0 Å². The maximum Gasteiger partial charge on any atom is 0.197 e. The lowest BCUT2D eigenvalue weighted by Crippen LogP contribution is -2.22. The van der Waals surface area contributed by atoms with Crippen LogP contribution in [0.25, 0.3) is 0 Å². The maximum absolute atomic E-state index is 12.2. The third-order valence-electron chi connectivity index (χ3n) is 2.94. The Hall–Kier alpha value is -1.77. The molecule has 0 bridgehead atoms. The Kier molecular flexibility index (Phi) is 4.83. The highest BCUT2D eigenvalue weighted by Crippen LogP contribution is 2.20. The standard InChI is InChI=1S/C15H13NO2S2/c1-10-2-5-14(20-10)15(18)12(8-16)13(17)4-3-11-6-7-19-9-11/h2,5-7,9,12H,3-4H2,1H3. The Morgan fingerprint density at radius 1 is 1.35 bits per heavy atom. The van der Waals surface area contributed by atoms with Crippen molar-refractivity contribution in [3.05, 3.63) is 44.3 Å². The minimum absolute atomic E-state index is 0.227. The van der Waals surface area contributed by atoms with Gasteiger partial charge in [0, 0.05) is 11.3 Å². The quantitative estimate of drug-likeness (QED) is 0.604. The number of carbonyl (C=O) groups is 2. The van der Waals surface area contributed by atoms with Crippen molar-refractivity contribution in [2.45, 2.75) is 19.8 Å². The molecule has 2 heterocycles. The fraction of sp³-hybridized carbons (Fsp3) is 0.267. The number of carbonyl (C=O) groups excluding carboxylic acids is 2. The number of hydrogen-bond donors (Lipinski definition) is 0. The normalized spacial score (nSPS) is 11.8. The van der Waals surface area contributed by atoms with Gasteiger partial charge in [-0.25, -0.2) is 0 Å². The van der Waals surface area contributed by atoms with Gasteiger partial charge in [-0.1, -0.05) is 0 Å². The number of ketones is 2. The van der Waals surface area contributed by atoms with Crippen LogP contribution in [0.5, 0.6) is 0 Å². The molecule has 20 heavy (non-hydrogen) atoms. The van der Waals surface area contributed by atoms with Gasteiger partial charge in [-0.15, -0.1) is 11.3 Å². The molecule has 2 rings (SSSR count). The number of thiophene rings is 2. The van der Waals surface area contributed by atoms with Crippen molar-refractivity contribution in [2.24, 2.45) is 5.92 Å². The topological polar surface area (TPSA) is 57.9 Å². The molecule has 0 radical (unpaired) electrons. The van der Waals surface area contributed by atoms with Gasteiger partial charge in [0.2, 0.25) is 0 Å². The molecule has 0 amide bonds. The van der Waals surface area contributed by atoms with Crippen LogP contribution in [-0.4, -0.2) is 11.6 Å². The molecule has 0 aliphatic carbocycles. The van der Waals surface area contributed by atoms with Crippen LogP contribution in [0.1, 0.15) is 26.5 Å². The smallest absolute Gasteiger partial charge is 0.197 e. The lowest BCUT2D eigenvalue weighted by molar-refractivity contribution is -0.120. The van der Waals surface area contributed by atoms with Gasteiger partial charge in [0.15, 0.2) is 17.5 Å². The molecule has 0 N–H and O–H groups in total. The van der Waals surface area contributed by atoms with E-state index in [1.165, 1.54) is 11.3 Å². The molecular formula is C15H13NO2S2. The van der Waals surface area contributed by atoms with Gasteiger partial charge in [0.25, 0.3) is 0 Å². The van der Waals surface area contributed by atoms with Crippen LogP contribution in [0, 0.1) is 24.2 Å². The monoisotopic (exact) mass is 303 g/mol. The molecule has 0 saturated carbocycles. The number of nitrogens with zero attached hydrogens (tertiary/aromatic N) is 1. The minimum atomic E-state index is -1.17. The molecule has 2 aromatic rings. The molecule has 1 unspecified atom stereocenters. The average molecular weight is 303 g/mol. The molecule has 0 spiro atoms. The Balaban J connectivity index is 2.02. The first kappa shape index (κ1) is 14.6. The molecule has 3 nitrogen and oxygen atoms in total. The third kappa shape index (κ3) is 3.41. The first-order valence-electron chi connectivity index (χ1n) is 6.16. The summed E-state index contributed by atoms with van der Waals surface area (Å²) < 4.78 is 0. The van der Waals surface area contributed by atoms with Crippen molar-refractivity contribution in [1.82, 2.24) is 0 Å². The van der Waals surface area contributed by atoms with E-state index in [0.29, 0.717) is 11.3 Å². The number of nitriles is 1. The molecular weight excluding hydrogens is 290 g/mol. The van der Waals surface area contributed by atoms with Crippen molar-refractivity contribution in [3.8, 4) is 6.07 Å². The van der Waals surface area contributed by atoms with Gasteiger partial charge in [-0.2, -0.15) is 16.6 Å². The second-order valence-corrected chi connectivity index (χ2v) is 6.50. The molecule has 0 aromatic carbocycles. The minimum Gasteiger partial charge on any atom is -0.298 e. The van der Waals surface area contributed by atoms with E-state index in [-0.39, 0.29) is 18.0 Å². The van der Waals surface area contributed by atoms with E-state index in [2.05, 4.69) is 0 Å². The number of hydrogen-bond acceptors (Lipinski definition) is 5. The fourth-order valence-electron chi connectivity index (χ4n) is 1.83. The Morgan fingerprint density at radius 3 is 2.70 bits per heavy atom. The van der Waals surface area contributed by atoms with Crippen molar-refractivity contribution < 1.29 is 9.59 Å². The van der Waals surface area contributed by atoms with Gasteiger partial charge in [0.1, 0.15) is 0 Å². The summed E-state index contributed by atoms with van der Waals surface area (Å²) in [5.41, 5.74) is 1.07. The molecule has 1 atom stereocenters. The molecule has 0 aliphatic heterocycles. The molecule has 5 heteroatoms. The van der Waals surface area contributed by atoms with Crippen LogP contribution in [0.4, 0.5) is 0 Å². The fourth-order valence-corrected chi connectivity index (χ4v) is 3.37. The zero-order valence-electron chi connectivity index (χ0n) is 11.0. The predicted molar refractivity (Wildman–Crippen MR) is 80.1 cm³/mol. The molecule has 0 saturated heterocycles. The third-order valence-corrected chi connectivity index (χ3v) is 4.68. The Labute approximate surface area is 125 Å². The highest BCUT2D eigenvalue weighted by atomic mass is 32.1. The predicted octanol–water partition coefficient (Wildman–Crippen LogP) is 3.64. The molecule has 2 aromatic heterocycles. The van der Waals surface area contributed by atoms with E-state index in [9.17, 15) is 9.59 Å². The van der Waals surface area contributed by atoms with Crippen molar-refractivity contribution >= 4 is 34.2 Å². The second kappa shape index (κ2) is 6.60. The lowest BCUT2D eigenvalue weighted by Gasteiger charge is -2.05. The van der Waals surface area contributed by atoms with E-state index >= 15 is 0 Å². The molecule has 0 aliphatic rings. The highest BCUT2D eigenvalue weighted by Gasteiger charge is 2.27. The van der Waals surface area contributed by atoms with Crippen molar-refractivity contribution in [1.29, 1.82) is 5.26 Å². The zero-order valence-corrected chi connectivity index (χ0v) is 12.6. The van der Waals surface area contributed by atoms with E-state index in [1.54, 1.807) is 17.4 Å². The van der Waals surface area contributed by atoms with E-state index < -0.39 is 5.92 Å². The number of Topliss-reactive ketones (excluding diaryl/α,β-unsaturated/α-hetero) is 2. The van der Waals surface area contributed by atoms with Gasteiger partial charge in [0.05, 0.1) is 10.9 Å². The molecule has 102 valence electrons. The summed E-state index contributed by atoms with van der Waals surface area (Å²) in [5, 5.41) is 13.0. The summed E-state index contributed by atoms with van der Waals surface area (Å²) in [5.74, 6) is -1.85. The summed E-state index contributed by atoms with van der Waals surface area (Å²) in [6.45, 7) is 1.89. The van der Waals surface area contributed by atoms with Crippen LogP contribution in [0.15, 0.2) is 29.0 Å². The largest absolute Gasteiger partial charge is 0.298 e. The average Bonchev–Trinajstić information content (AvgIpc) is 3.08. The van der Waals surface area contributed by atoms with Crippen LogP contribution in [0.3, 0.4) is 0 Å². The summed E-state index contributed by atoms with van der Waals surface area (Å²) >= 11 is 2.89. The number of rotatable bonds is 6. The van der Waals surface area contributed by atoms with Crippen LogP contribution in [-0.2, 0) is 11.2 Å². The highest BCUT2D eigenvalue weighted by molar-refractivity contribution is 7.14. The summed E-state index contributed by atoms with van der Waals surface area (Å²) in [7, 11) is 0. The summed E-state index contributed by atoms with van der Waals surface area (Å²) in [6.07, 6.45) is 0.808. The van der Waals surface area contributed by atoms with Crippen molar-refractivity contribution in [2.75, 3.05) is 0 Å².